The summed E-state index contributed by atoms with van der Waals surface area (Å²) in [5, 5.41) is 19.2. The Morgan fingerprint density at radius 3 is 2.21 bits per heavy atom. The van der Waals surface area contributed by atoms with Crippen molar-refractivity contribution in [2.75, 3.05) is 13.1 Å². The summed E-state index contributed by atoms with van der Waals surface area (Å²) in [6, 6.07) is 21.3. The van der Waals surface area contributed by atoms with E-state index >= 15 is 0 Å². The summed E-state index contributed by atoms with van der Waals surface area (Å²) in [4.78, 5) is 24.5. The highest BCUT2D eigenvalue weighted by molar-refractivity contribution is 6.30. The van der Waals surface area contributed by atoms with E-state index in [1.807, 2.05) is 30.3 Å². The monoisotopic (exact) mass is 611 g/mol. The Morgan fingerprint density at radius 2 is 1.55 bits per heavy atom. The van der Waals surface area contributed by atoms with Crippen LogP contribution in [-0.2, 0) is 24.4 Å². The molecule has 3 aromatic carbocycles. The average molecular weight is 613 g/mol. The first kappa shape index (κ1) is 31.9. The van der Waals surface area contributed by atoms with E-state index in [0.717, 1.165) is 61.1 Å². The molecule has 0 unspecified atom stereocenters. The number of aromatic carboxylic acids is 1. The molecule has 1 saturated carbocycles. The van der Waals surface area contributed by atoms with Crippen LogP contribution in [0.1, 0.15) is 83.5 Å². The van der Waals surface area contributed by atoms with Crippen LogP contribution < -0.4 is 4.74 Å². The van der Waals surface area contributed by atoms with Gasteiger partial charge in [0.05, 0.1) is 5.56 Å². The number of carboxylic acid groups (broad SMARTS) is 2. The van der Waals surface area contributed by atoms with E-state index in [1.165, 1.54) is 5.56 Å². The Labute approximate surface area is 258 Å². The second kappa shape index (κ2) is 16.0. The summed E-state index contributed by atoms with van der Waals surface area (Å²) in [5.41, 5.74) is 4.74. The molecule has 224 valence electrons. The topological polar surface area (TPSA) is 87.1 Å². The van der Waals surface area contributed by atoms with Crippen LogP contribution in [0.15, 0.2) is 66.7 Å². The fraction of sp³-hybridized carbons (Fsp3) is 0.412. The minimum atomic E-state index is -0.953. The molecule has 1 fully saturated rings. The van der Waals surface area contributed by atoms with Crippen molar-refractivity contribution >= 4 is 35.1 Å². The quantitative estimate of drug-likeness (QED) is 0.133. The van der Waals surface area contributed by atoms with E-state index in [9.17, 15) is 14.7 Å². The van der Waals surface area contributed by atoms with E-state index in [1.54, 1.807) is 12.1 Å². The number of halogens is 2. The molecule has 4 rings (SSSR count). The van der Waals surface area contributed by atoms with Gasteiger partial charge in [-0.3, -0.25) is 9.69 Å². The SMILES string of the molecule is O=C(O)CCCCN(CCc1cc(Cl)ccc1OCc1ccc(C2CCC(Cl)CC2)cc1)Cc1ccc(C(=O)O)cc1. The van der Waals surface area contributed by atoms with Gasteiger partial charge in [-0.2, -0.15) is 0 Å². The Bertz CT molecular complexity index is 1300. The fourth-order valence-corrected chi connectivity index (χ4v) is 5.94. The largest absolute Gasteiger partial charge is 0.489 e. The molecule has 0 spiro atoms. The Morgan fingerprint density at radius 1 is 0.857 bits per heavy atom. The fourth-order valence-electron chi connectivity index (χ4n) is 5.49. The summed E-state index contributed by atoms with van der Waals surface area (Å²) in [6.07, 6.45) is 6.63. The number of rotatable bonds is 15. The molecule has 6 nitrogen and oxygen atoms in total. The van der Waals surface area contributed by atoms with Gasteiger partial charge >= 0.3 is 11.9 Å². The minimum Gasteiger partial charge on any atom is -0.489 e. The predicted octanol–water partition coefficient (Wildman–Crippen LogP) is 8.18. The van der Waals surface area contributed by atoms with Crippen LogP contribution in [0.2, 0.25) is 5.02 Å². The molecule has 2 N–H and O–H groups in total. The van der Waals surface area contributed by atoms with Crippen LogP contribution in [0.4, 0.5) is 0 Å². The highest BCUT2D eigenvalue weighted by Crippen LogP contribution is 2.35. The lowest BCUT2D eigenvalue weighted by Crippen LogP contribution is -2.27. The van der Waals surface area contributed by atoms with Crippen LogP contribution in [0, 0.1) is 0 Å². The number of hydrogen-bond acceptors (Lipinski definition) is 4. The van der Waals surface area contributed by atoms with Gasteiger partial charge in [-0.1, -0.05) is 48.0 Å². The van der Waals surface area contributed by atoms with Gasteiger partial charge in [-0.15, -0.1) is 11.6 Å². The van der Waals surface area contributed by atoms with E-state index in [-0.39, 0.29) is 12.0 Å². The second-order valence-corrected chi connectivity index (χ2v) is 12.2. The first-order chi connectivity index (χ1) is 20.3. The maximum absolute atomic E-state index is 11.2. The zero-order valence-electron chi connectivity index (χ0n) is 23.8. The first-order valence-electron chi connectivity index (χ1n) is 14.7. The van der Waals surface area contributed by atoms with Gasteiger partial charge in [0, 0.05) is 29.9 Å². The number of nitrogens with zero attached hydrogens (tertiary/aromatic N) is 1. The molecule has 0 saturated heterocycles. The molecule has 0 bridgehead atoms. The van der Waals surface area contributed by atoms with Gasteiger partial charge in [0.25, 0.3) is 0 Å². The molecule has 8 heteroatoms. The molecule has 0 aliphatic heterocycles. The van der Waals surface area contributed by atoms with Gasteiger partial charge in [0.15, 0.2) is 0 Å². The van der Waals surface area contributed by atoms with Crippen LogP contribution in [0.3, 0.4) is 0 Å². The smallest absolute Gasteiger partial charge is 0.335 e. The maximum atomic E-state index is 11.2. The summed E-state index contributed by atoms with van der Waals surface area (Å²) in [6.45, 7) is 2.52. The minimum absolute atomic E-state index is 0.142. The number of aliphatic carboxylic acids is 1. The van der Waals surface area contributed by atoms with E-state index in [2.05, 4.69) is 29.2 Å². The second-order valence-electron chi connectivity index (χ2n) is 11.1. The Kier molecular flexibility index (Phi) is 12.1. The molecule has 0 heterocycles. The molecule has 0 amide bonds. The van der Waals surface area contributed by atoms with Crippen molar-refractivity contribution in [3.8, 4) is 5.75 Å². The van der Waals surface area contributed by atoms with Gasteiger partial charge in [0.2, 0.25) is 0 Å². The van der Waals surface area contributed by atoms with Gasteiger partial charge < -0.3 is 14.9 Å². The lowest BCUT2D eigenvalue weighted by Gasteiger charge is -2.25. The van der Waals surface area contributed by atoms with E-state index in [0.29, 0.717) is 48.9 Å². The van der Waals surface area contributed by atoms with Gasteiger partial charge in [0.1, 0.15) is 12.4 Å². The van der Waals surface area contributed by atoms with Crippen molar-refractivity contribution in [1.29, 1.82) is 0 Å². The van der Waals surface area contributed by atoms with Crippen LogP contribution in [-0.4, -0.2) is 45.5 Å². The van der Waals surface area contributed by atoms with Gasteiger partial charge in [-0.05, 0) is 110 Å². The number of carboxylic acids is 2. The van der Waals surface area contributed by atoms with Crippen molar-refractivity contribution < 1.29 is 24.5 Å². The van der Waals surface area contributed by atoms with Crippen molar-refractivity contribution in [1.82, 2.24) is 4.90 Å². The van der Waals surface area contributed by atoms with E-state index in [4.69, 9.17) is 33.0 Å². The van der Waals surface area contributed by atoms with Crippen molar-refractivity contribution in [2.24, 2.45) is 0 Å². The molecule has 0 radical (unpaired) electrons. The van der Waals surface area contributed by atoms with Crippen molar-refractivity contribution in [3.63, 3.8) is 0 Å². The highest BCUT2D eigenvalue weighted by Gasteiger charge is 2.20. The standard InChI is InChI=1S/C34H39Cl2NO5/c35-30-14-12-27(13-15-30)26-8-6-25(7-9-26)23-42-32-17-16-31(36)21-29(32)18-20-37(19-2-1-3-33(38)39)22-24-4-10-28(11-5-24)34(40)41/h4-11,16-17,21,27,30H,1-3,12-15,18-20,22-23H2,(H,38,39)(H,40,41). The molecule has 3 aromatic rings. The number of alkyl halides is 1. The number of ether oxygens (including phenoxy) is 1. The van der Waals surface area contributed by atoms with Crippen LogP contribution in [0.25, 0.3) is 0 Å². The van der Waals surface area contributed by atoms with Crippen molar-refractivity contribution in [2.45, 2.75) is 75.8 Å². The summed E-state index contributed by atoms with van der Waals surface area (Å²) < 4.78 is 6.27. The van der Waals surface area contributed by atoms with Crippen LogP contribution >= 0.6 is 23.2 Å². The van der Waals surface area contributed by atoms with Crippen LogP contribution in [0.5, 0.6) is 5.75 Å². The van der Waals surface area contributed by atoms with Gasteiger partial charge in [-0.25, -0.2) is 4.79 Å². The molecule has 0 atom stereocenters. The number of unbranched alkanes of at least 4 members (excludes halogenated alkanes) is 1. The lowest BCUT2D eigenvalue weighted by atomic mass is 9.84. The summed E-state index contributed by atoms with van der Waals surface area (Å²) >= 11 is 12.7. The molecule has 1 aliphatic rings. The molecular weight excluding hydrogens is 573 g/mol. The highest BCUT2D eigenvalue weighted by atomic mass is 35.5. The molecule has 42 heavy (non-hydrogen) atoms. The lowest BCUT2D eigenvalue weighted by molar-refractivity contribution is -0.137. The van der Waals surface area contributed by atoms with E-state index < -0.39 is 11.9 Å². The number of benzene rings is 3. The Hall–Kier alpha value is -3.06. The average Bonchev–Trinajstić information content (AvgIpc) is 2.98. The normalized spacial score (nSPS) is 16.8. The maximum Gasteiger partial charge on any atom is 0.335 e. The predicted molar refractivity (Wildman–Crippen MR) is 167 cm³/mol. The molecular formula is C34H39Cl2NO5. The number of carbonyl (C=O) groups is 2. The third-order valence-electron chi connectivity index (χ3n) is 7.94. The summed E-state index contributed by atoms with van der Waals surface area (Å²) in [5.74, 6) is -0.370. The van der Waals surface area contributed by atoms with Crippen molar-refractivity contribution in [3.05, 3.63) is 99.6 Å². The Balaban J connectivity index is 1.38. The molecule has 1 aliphatic carbocycles. The zero-order valence-corrected chi connectivity index (χ0v) is 25.3. The summed E-state index contributed by atoms with van der Waals surface area (Å²) in [7, 11) is 0. The first-order valence-corrected chi connectivity index (χ1v) is 15.5. The third kappa shape index (κ3) is 10.0. The number of hydrogen-bond donors (Lipinski definition) is 2. The molecule has 0 aromatic heterocycles. The third-order valence-corrected chi connectivity index (χ3v) is 8.62. The zero-order chi connectivity index (χ0) is 29.9.